The molecule has 2 saturated carbocycles. The fraction of sp³-hybridized carbons (Fsp3) is 0.381. The lowest BCUT2D eigenvalue weighted by atomic mass is 9.99. The van der Waals surface area contributed by atoms with Crippen molar-refractivity contribution in [2.75, 3.05) is 10.6 Å². The Hall–Kier alpha value is -3.18. The number of hydrogen-bond acceptors (Lipinski definition) is 3. The van der Waals surface area contributed by atoms with Crippen LogP contribution in [-0.2, 0) is 15.5 Å². The van der Waals surface area contributed by atoms with E-state index in [4.69, 9.17) is 0 Å². The molecule has 1 aromatic carbocycles. The third kappa shape index (κ3) is 4.79. The third-order valence-corrected chi connectivity index (χ3v) is 5.27. The van der Waals surface area contributed by atoms with Gasteiger partial charge in [-0.05, 0) is 61.1 Å². The van der Waals surface area contributed by atoms with Crippen LogP contribution < -0.4 is 10.6 Å². The summed E-state index contributed by atoms with van der Waals surface area (Å²) in [5, 5.41) is 5.00. The first-order valence-corrected chi connectivity index (χ1v) is 9.95. The Labute approximate surface area is 182 Å². The van der Waals surface area contributed by atoms with Crippen LogP contribution in [0.4, 0.5) is 42.4 Å². The summed E-state index contributed by atoms with van der Waals surface area (Å²) in [6.07, 6.45) is -3.53. The van der Waals surface area contributed by atoms with Crippen LogP contribution in [0, 0.1) is 23.5 Å². The maximum absolute atomic E-state index is 14.3. The number of halogens is 7. The van der Waals surface area contributed by atoms with Crippen molar-refractivity contribution < 1.29 is 40.3 Å². The molecule has 2 aliphatic rings. The lowest BCUT2D eigenvalue weighted by Crippen LogP contribution is -2.35. The molecule has 2 aromatic rings. The van der Waals surface area contributed by atoms with Crippen molar-refractivity contribution in [3.05, 3.63) is 41.5 Å². The van der Waals surface area contributed by atoms with Gasteiger partial charge in [0.1, 0.15) is 28.8 Å². The van der Waals surface area contributed by atoms with Crippen LogP contribution >= 0.6 is 0 Å². The molecule has 176 valence electrons. The summed E-state index contributed by atoms with van der Waals surface area (Å²) in [4.78, 5) is 28.2. The van der Waals surface area contributed by atoms with E-state index in [1.165, 1.54) is 12.1 Å². The van der Waals surface area contributed by atoms with Gasteiger partial charge in [-0.25, -0.2) is 13.8 Å². The minimum absolute atomic E-state index is 0.0677. The zero-order chi connectivity index (χ0) is 24.1. The van der Waals surface area contributed by atoms with Gasteiger partial charge in [0.25, 0.3) is 0 Å². The van der Waals surface area contributed by atoms with Crippen LogP contribution in [0.3, 0.4) is 0 Å². The third-order valence-electron chi connectivity index (χ3n) is 5.27. The molecule has 1 aromatic heterocycles. The predicted octanol–water partition coefficient (Wildman–Crippen LogP) is 5.38. The second-order valence-electron chi connectivity index (χ2n) is 8.04. The molecular formula is C21H16F7N3O2. The molecule has 0 bridgehead atoms. The molecule has 0 saturated heterocycles. The van der Waals surface area contributed by atoms with E-state index in [0.717, 1.165) is 0 Å². The number of hydrogen-bond donors (Lipinski definition) is 2. The van der Waals surface area contributed by atoms with Gasteiger partial charge in [-0.15, -0.1) is 0 Å². The zero-order valence-electron chi connectivity index (χ0n) is 16.7. The van der Waals surface area contributed by atoms with E-state index in [1.54, 1.807) is 0 Å². The second kappa shape index (κ2) is 7.99. The van der Waals surface area contributed by atoms with Gasteiger partial charge in [0, 0.05) is 11.8 Å². The number of rotatable bonds is 6. The Morgan fingerprint density at radius 2 is 1.15 bits per heavy atom. The number of aromatic nitrogens is 1. The highest BCUT2D eigenvalue weighted by atomic mass is 19.4. The van der Waals surface area contributed by atoms with E-state index in [1.807, 2.05) is 0 Å². The summed E-state index contributed by atoms with van der Waals surface area (Å²) < 4.78 is 93.6. The molecule has 0 radical (unpaired) electrons. The molecule has 0 unspecified atom stereocenters. The normalized spacial score (nSPS) is 16.5. The topological polar surface area (TPSA) is 71.1 Å². The lowest BCUT2D eigenvalue weighted by Gasteiger charge is -2.21. The first-order chi connectivity index (χ1) is 15.4. The largest absolute Gasteiger partial charge is 0.458 e. The van der Waals surface area contributed by atoms with Crippen molar-refractivity contribution in [1.82, 2.24) is 4.98 Å². The van der Waals surface area contributed by atoms with Crippen molar-refractivity contribution in [1.29, 1.82) is 0 Å². The number of amides is 2. The summed E-state index contributed by atoms with van der Waals surface area (Å²) >= 11 is 0. The molecule has 1 heterocycles. The quantitative estimate of drug-likeness (QED) is 0.552. The SMILES string of the molecule is O=C(Nc1cc(-c2cc(F)c(C(F)(F)C(F)(F)F)c(F)c2)cc(NC(=O)C2CC2)n1)C1CC1. The number of nitrogens with zero attached hydrogens (tertiary/aromatic N) is 1. The molecule has 0 spiro atoms. The molecule has 2 fully saturated rings. The van der Waals surface area contributed by atoms with E-state index in [-0.39, 0.29) is 40.8 Å². The van der Waals surface area contributed by atoms with E-state index < -0.39 is 34.9 Å². The fourth-order valence-electron chi connectivity index (χ4n) is 3.15. The minimum atomic E-state index is -6.20. The molecule has 0 atom stereocenters. The molecular weight excluding hydrogens is 459 g/mol. The van der Waals surface area contributed by atoms with Gasteiger partial charge in [-0.3, -0.25) is 9.59 Å². The highest BCUT2D eigenvalue weighted by Crippen LogP contribution is 2.46. The van der Waals surface area contributed by atoms with E-state index >= 15 is 0 Å². The highest BCUT2D eigenvalue weighted by molar-refractivity contribution is 5.96. The molecule has 2 aliphatic carbocycles. The first-order valence-electron chi connectivity index (χ1n) is 9.95. The molecule has 12 heteroatoms. The average molecular weight is 475 g/mol. The minimum Gasteiger partial charge on any atom is -0.310 e. The molecule has 4 rings (SSSR count). The van der Waals surface area contributed by atoms with E-state index in [0.29, 0.717) is 37.8 Å². The van der Waals surface area contributed by atoms with Gasteiger partial charge in [-0.2, -0.15) is 22.0 Å². The van der Waals surface area contributed by atoms with Gasteiger partial charge in [0.05, 0.1) is 0 Å². The number of benzene rings is 1. The smallest absolute Gasteiger partial charge is 0.310 e. The summed E-state index contributed by atoms with van der Waals surface area (Å²) in [7, 11) is 0. The fourth-order valence-corrected chi connectivity index (χ4v) is 3.15. The number of carbonyl (C=O) groups excluding carboxylic acids is 2. The monoisotopic (exact) mass is 475 g/mol. The first kappa shape index (κ1) is 23.0. The van der Waals surface area contributed by atoms with Crippen LogP contribution in [0.5, 0.6) is 0 Å². The average Bonchev–Trinajstić information content (AvgIpc) is 3.59. The molecule has 2 amide bonds. The van der Waals surface area contributed by atoms with Crippen LogP contribution in [-0.4, -0.2) is 23.0 Å². The number of carbonyl (C=O) groups is 2. The van der Waals surface area contributed by atoms with Gasteiger partial charge in [-0.1, -0.05) is 0 Å². The number of nitrogens with one attached hydrogen (secondary N) is 2. The number of alkyl halides is 5. The van der Waals surface area contributed by atoms with E-state index in [2.05, 4.69) is 15.6 Å². The Kier molecular flexibility index (Phi) is 5.57. The predicted molar refractivity (Wildman–Crippen MR) is 102 cm³/mol. The Morgan fingerprint density at radius 3 is 1.52 bits per heavy atom. The Bertz CT molecular complexity index is 1060. The van der Waals surface area contributed by atoms with Crippen molar-refractivity contribution >= 4 is 23.5 Å². The lowest BCUT2D eigenvalue weighted by molar-refractivity contribution is -0.291. The van der Waals surface area contributed by atoms with Crippen LogP contribution in [0.15, 0.2) is 24.3 Å². The summed E-state index contributed by atoms with van der Waals surface area (Å²) in [5.41, 5.74) is -2.88. The van der Waals surface area contributed by atoms with Crippen molar-refractivity contribution in [2.24, 2.45) is 11.8 Å². The molecule has 0 aliphatic heterocycles. The van der Waals surface area contributed by atoms with E-state index in [9.17, 15) is 40.3 Å². The highest BCUT2D eigenvalue weighted by Gasteiger charge is 2.61. The van der Waals surface area contributed by atoms with Crippen molar-refractivity contribution in [2.45, 2.75) is 37.8 Å². The number of pyridine rings is 1. The van der Waals surface area contributed by atoms with Gasteiger partial charge < -0.3 is 10.6 Å². The molecule has 2 N–H and O–H groups in total. The maximum Gasteiger partial charge on any atom is 0.458 e. The van der Waals surface area contributed by atoms with Crippen LogP contribution in [0.1, 0.15) is 31.2 Å². The summed E-state index contributed by atoms with van der Waals surface area (Å²) in [5.74, 6) is -11.3. The van der Waals surface area contributed by atoms with Crippen LogP contribution in [0.25, 0.3) is 11.1 Å². The van der Waals surface area contributed by atoms with Gasteiger partial charge in [0.2, 0.25) is 11.8 Å². The van der Waals surface area contributed by atoms with Crippen molar-refractivity contribution in [3.8, 4) is 11.1 Å². The summed E-state index contributed by atoms with van der Waals surface area (Å²) in [6.45, 7) is 0. The number of anilines is 2. The Morgan fingerprint density at radius 1 is 0.758 bits per heavy atom. The summed E-state index contributed by atoms with van der Waals surface area (Å²) in [6, 6.07) is 2.99. The Balaban J connectivity index is 1.73. The zero-order valence-corrected chi connectivity index (χ0v) is 16.7. The molecule has 33 heavy (non-hydrogen) atoms. The standard InChI is InChI=1S/C21H16F7N3O2/c22-13-5-11(6-14(23)17(13)20(24,25)21(26,27)28)12-7-15(30-18(32)9-1-2-9)29-16(8-12)31-19(33)10-3-4-10/h5-10H,1-4H2,(H2,29,30,31,32,33). The maximum atomic E-state index is 14.3. The second-order valence-corrected chi connectivity index (χ2v) is 8.04. The molecule has 5 nitrogen and oxygen atoms in total. The van der Waals surface area contributed by atoms with Crippen molar-refractivity contribution in [3.63, 3.8) is 0 Å². The van der Waals surface area contributed by atoms with Gasteiger partial charge >= 0.3 is 12.1 Å². The van der Waals surface area contributed by atoms with Gasteiger partial charge in [0.15, 0.2) is 0 Å². The van der Waals surface area contributed by atoms with Crippen LogP contribution in [0.2, 0.25) is 0 Å².